The van der Waals surface area contributed by atoms with Gasteiger partial charge in [0.25, 0.3) is 5.69 Å². The monoisotopic (exact) mass is 573 g/mol. The normalized spacial score (nSPS) is 9.37. The van der Waals surface area contributed by atoms with E-state index in [0.29, 0.717) is 21.3 Å². The summed E-state index contributed by atoms with van der Waals surface area (Å²) < 4.78 is 11.6. The van der Waals surface area contributed by atoms with Gasteiger partial charge in [-0.25, -0.2) is 0 Å². The van der Waals surface area contributed by atoms with Crippen LogP contribution in [-0.4, -0.2) is 35.1 Å². The summed E-state index contributed by atoms with van der Waals surface area (Å²) in [4.78, 5) is 10.5. The van der Waals surface area contributed by atoms with Gasteiger partial charge in [-0.05, 0) is 39.7 Å². The molecule has 0 heterocycles. The summed E-state index contributed by atoms with van der Waals surface area (Å²) in [5.74, 6) is 1.17. The first-order valence-electron chi connectivity index (χ1n) is 7.27. The topological polar surface area (TPSA) is 61.6 Å². The summed E-state index contributed by atoms with van der Waals surface area (Å²) in [6.45, 7) is 4.12. The molecule has 2 aromatic carbocycles. The Morgan fingerprint density at radius 2 is 1.78 bits per heavy atom. The molecule has 0 aliphatic carbocycles. The van der Waals surface area contributed by atoms with E-state index >= 15 is 0 Å². The van der Waals surface area contributed by atoms with E-state index in [9.17, 15) is 10.1 Å². The van der Waals surface area contributed by atoms with E-state index in [1.165, 1.54) is 6.07 Å². The first kappa shape index (κ1) is 28.6. The second-order valence-corrected chi connectivity index (χ2v) is 6.42. The maximum atomic E-state index is 11.0. The van der Waals surface area contributed by atoms with Gasteiger partial charge in [-0.3, -0.25) is 16.2 Å². The molecule has 0 aliphatic rings. The van der Waals surface area contributed by atoms with Gasteiger partial charge in [-0.15, -0.1) is 0 Å². The predicted octanol–water partition coefficient (Wildman–Crippen LogP) is 2.72. The third-order valence-electron chi connectivity index (χ3n) is 3.02. The fourth-order valence-corrected chi connectivity index (χ4v) is 2.58. The molecule has 0 bridgehead atoms. The molecule has 0 saturated heterocycles. The average Bonchev–Trinajstić information content (AvgIpc) is 2.62. The number of nitro groups is 1. The molecule has 0 saturated carbocycles. The Morgan fingerprint density at radius 3 is 2.22 bits per heavy atom. The van der Waals surface area contributed by atoms with Crippen LogP contribution in [0.2, 0.25) is 0 Å². The smallest absolute Gasteiger partial charge is 1.00 e. The molecular weight excluding hydrogens is 558 g/mol. The van der Waals surface area contributed by atoms with Gasteiger partial charge in [0.2, 0.25) is 0 Å². The summed E-state index contributed by atoms with van der Waals surface area (Å²) in [7, 11) is 1.60. The number of benzene rings is 2. The first-order valence-corrected chi connectivity index (χ1v) is 8.85. The Balaban J connectivity index is 0. The van der Waals surface area contributed by atoms with Crippen LogP contribution in [0.1, 0.15) is 19.4 Å². The molecule has 5 nitrogen and oxygen atoms in total. The van der Waals surface area contributed by atoms with Gasteiger partial charge < -0.3 is 32.5 Å². The van der Waals surface area contributed by atoms with E-state index in [2.05, 4.69) is 37.9 Å². The van der Waals surface area contributed by atoms with Crippen LogP contribution in [0, 0.1) is 16.2 Å². The Hall–Kier alpha value is -0.614. The van der Waals surface area contributed by atoms with Gasteiger partial charge in [0, 0.05) is 10.5 Å². The number of nitro benzene ring substituents is 1. The molecule has 2 rings (SSSR count). The maximum Gasteiger partial charge on any atom is 2.00 e. The van der Waals surface area contributed by atoms with Crippen molar-refractivity contribution in [3.8, 4) is 11.5 Å². The zero-order valence-electron chi connectivity index (χ0n) is 15.2. The minimum atomic E-state index is -0.463. The summed E-state index contributed by atoms with van der Waals surface area (Å²) in [5, 5.41) is 11.0. The van der Waals surface area contributed by atoms with Crippen molar-refractivity contribution in [2.75, 3.05) is 7.11 Å². The molecule has 0 spiro atoms. The van der Waals surface area contributed by atoms with Crippen LogP contribution in [0.4, 0.5) is 5.69 Å². The minimum absolute atomic E-state index is 0. The third-order valence-corrected chi connectivity index (χ3v) is 4.28. The van der Waals surface area contributed by atoms with Crippen molar-refractivity contribution in [2.24, 2.45) is 0 Å². The molecule has 0 fully saturated rings. The van der Waals surface area contributed by atoms with Gasteiger partial charge in [0.05, 0.1) is 12.0 Å². The van der Waals surface area contributed by atoms with Gasteiger partial charge in [-0.2, -0.15) is 6.92 Å². The van der Waals surface area contributed by atoms with Crippen molar-refractivity contribution in [1.29, 1.82) is 0 Å². The van der Waals surface area contributed by atoms with E-state index < -0.39 is 4.92 Å². The fraction of sp³-hybridized carbons (Fsp3) is 0.222. The number of rotatable bonds is 5. The minimum Gasteiger partial charge on any atom is -1.00 e. The zero-order chi connectivity index (χ0) is 18.8. The van der Waals surface area contributed by atoms with Crippen molar-refractivity contribution in [2.45, 2.75) is 20.5 Å². The molecule has 0 radical (unpaired) electrons. The first-order chi connectivity index (χ1) is 11.9. The number of ether oxygens (including phenoxy) is 2. The van der Waals surface area contributed by atoms with Crippen LogP contribution in [0.15, 0.2) is 51.4 Å². The fourth-order valence-electron chi connectivity index (χ4n) is 1.67. The second kappa shape index (κ2) is 15.3. The molecule has 0 aliphatic heterocycles. The van der Waals surface area contributed by atoms with Crippen LogP contribution in [-0.2, 0) is 6.61 Å². The summed E-state index contributed by atoms with van der Waals surface area (Å²) in [6.07, 6.45) is 4.68. The van der Waals surface area contributed by atoms with Gasteiger partial charge >= 0.3 is 23.1 Å². The van der Waals surface area contributed by atoms with Crippen LogP contribution in [0.3, 0.4) is 0 Å². The Morgan fingerprint density at radius 1 is 1.22 bits per heavy atom. The van der Waals surface area contributed by atoms with Crippen molar-refractivity contribution >= 4 is 60.6 Å². The van der Waals surface area contributed by atoms with Crippen LogP contribution in [0.5, 0.6) is 11.5 Å². The summed E-state index contributed by atoms with van der Waals surface area (Å²) in [5.41, 5.74) is 0.888. The third kappa shape index (κ3) is 9.93. The quantitative estimate of drug-likeness (QED) is 0.238. The van der Waals surface area contributed by atoms with Crippen molar-refractivity contribution in [3.63, 3.8) is 0 Å². The summed E-state index contributed by atoms with van der Waals surface area (Å²) in [6, 6.07) is 10.5. The second-order valence-electron chi connectivity index (χ2n) is 4.71. The van der Waals surface area contributed by atoms with E-state index in [4.69, 9.17) is 9.47 Å². The molecule has 9 heteroatoms. The van der Waals surface area contributed by atoms with Gasteiger partial charge in [-0.1, -0.05) is 35.0 Å². The Labute approximate surface area is 202 Å². The molecule has 2 aromatic rings. The average molecular weight is 576 g/mol. The zero-order valence-corrected chi connectivity index (χ0v) is 21.3. The number of hydrogen-bond acceptors (Lipinski definition) is 4. The molecule has 0 aromatic heterocycles. The number of hydrogen-bond donors (Lipinski definition) is 0. The molecule has 27 heavy (non-hydrogen) atoms. The maximum absolute atomic E-state index is 11.0. The SMILES string of the molecule is COc1ccc(COc2cc(Br)cc([N+](=O)[O-])c2Br)cc1.C[C-]=CC.[Br-].[Mg+2]. The molecule has 0 unspecified atom stereocenters. The van der Waals surface area contributed by atoms with Crippen molar-refractivity contribution in [3.05, 3.63) is 73.2 Å². The van der Waals surface area contributed by atoms with Gasteiger partial charge in [0.15, 0.2) is 0 Å². The molecule has 142 valence electrons. The Bertz CT molecular complexity index is 736. The predicted molar refractivity (Wildman–Crippen MR) is 111 cm³/mol. The molecule has 0 N–H and O–H groups in total. The largest absolute Gasteiger partial charge is 2.00 e. The Kier molecular flexibility index (Phi) is 16.2. The van der Waals surface area contributed by atoms with Crippen LogP contribution < -0.4 is 26.5 Å². The van der Waals surface area contributed by atoms with Gasteiger partial charge in [0.1, 0.15) is 22.6 Å². The van der Waals surface area contributed by atoms with E-state index in [1.807, 2.05) is 44.2 Å². The number of allylic oxidation sites excluding steroid dienone is 2. The van der Waals surface area contributed by atoms with E-state index in [-0.39, 0.29) is 45.7 Å². The molecule has 0 atom stereocenters. The molecular formula is C18H18Br3MgNO4. The van der Waals surface area contributed by atoms with Crippen LogP contribution in [0.25, 0.3) is 0 Å². The van der Waals surface area contributed by atoms with E-state index in [1.54, 1.807) is 13.2 Å². The van der Waals surface area contributed by atoms with Crippen molar-refractivity contribution < 1.29 is 31.4 Å². The molecule has 0 amide bonds. The number of methoxy groups -OCH3 is 1. The van der Waals surface area contributed by atoms with Crippen molar-refractivity contribution in [1.82, 2.24) is 0 Å². The van der Waals surface area contributed by atoms with Crippen LogP contribution >= 0.6 is 31.9 Å². The number of halogens is 3. The summed E-state index contributed by atoms with van der Waals surface area (Å²) >= 11 is 6.44. The van der Waals surface area contributed by atoms with E-state index in [0.717, 1.165) is 11.3 Å². The number of nitrogens with zero attached hydrogens (tertiary/aromatic N) is 1. The standard InChI is InChI=1S/C14H11Br2NO4.C4H7.BrH.Mg/c1-20-11-4-2-9(3-5-11)8-21-13-7-10(15)6-12(14(13)16)17(18)19;1-3-4-2;;/h2-7H,8H2,1H3;3H,1-2H3;1H;/q;-1;;+2/p-1.